The summed E-state index contributed by atoms with van der Waals surface area (Å²) in [7, 11) is 0. The van der Waals surface area contributed by atoms with E-state index in [4.69, 9.17) is 16.3 Å². The smallest absolute Gasteiger partial charge is 0.142 e. The van der Waals surface area contributed by atoms with Crippen molar-refractivity contribution in [3.8, 4) is 5.75 Å². The first-order valence-electron chi connectivity index (χ1n) is 7.97. The maximum absolute atomic E-state index is 6.25. The molecule has 3 aromatic rings. The van der Waals surface area contributed by atoms with Crippen LogP contribution in [0.25, 0.3) is 0 Å². The molecule has 0 atom stereocenters. The number of nitrogens with one attached hydrogen (secondary N) is 1. The molecule has 0 saturated carbocycles. The summed E-state index contributed by atoms with van der Waals surface area (Å²) in [6, 6.07) is 16.0. The van der Waals surface area contributed by atoms with E-state index in [1.165, 1.54) is 5.56 Å². The van der Waals surface area contributed by atoms with Gasteiger partial charge in [0.15, 0.2) is 0 Å². The highest BCUT2D eigenvalue weighted by molar-refractivity contribution is 6.32. The third kappa shape index (κ3) is 3.89. The lowest BCUT2D eigenvalue weighted by Gasteiger charge is -2.15. The molecule has 0 bridgehead atoms. The van der Waals surface area contributed by atoms with Gasteiger partial charge in [-0.15, -0.1) is 0 Å². The molecule has 2 aromatic carbocycles. The zero-order chi connectivity index (χ0) is 16.8. The first kappa shape index (κ1) is 16.4. The molecule has 1 heterocycles. The average Bonchev–Trinajstić information content (AvgIpc) is 3.10. The number of ether oxygens (including phenoxy) is 1. The Morgan fingerprint density at radius 2 is 1.92 bits per heavy atom. The normalized spacial score (nSPS) is 10.6. The van der Waals surface area contributed by atoms with Gasteiger partial charge < -0.3 is 10.1 Å². The first-order valence-corrected chi connectivity index (χ1v) is 8.35. The van der Waals surface area contributed by atoms with Crippen molar-refractivity contribution in [1.82, 2.24) is 9.78 Å². The Labute approximate surface area is 147 Å². The number of hydrogen-bond acceptors (Lipinski definition) is 3. The lowest BCUT2D eigenvalue weighted by atomic mass is 10.1. The predicted molar refractivity (Wildman–Crippen MR) is 97.7 cm³/mol. The molecule has 0 aliphatic rings. The van der Waals surface area contributed by atoms with Crippen LogP contribution in [0.15, 0.2) is 60.9 Å². The topological polar surface area (TPSA) is 39.1 Å². The van der Waals surface area contributed by atoms with E-state index in [1.54, 1.807) is 6.20 Å². The number of para-hydroxylation sites is 2. The van der Waals surface area contributed by atoms with Crippen molar-refractivity contribution in [3.63, 3.8) is 0 Å². The molecule has 3 rings (SSSR count). The zero-order valence-corrected chi connectivity index (χ0v) is 14.3. The van der Waals surface area contributed by atoms with Crippen molar-refractivity contribution in [1.29, 1.82) is 0 Å². The molecule has 4 nitrogen and oxygen atoms in total. The minimum absolute atomic E-state index is 0.590. The Balaban J connectivity index is 1.77. The number of halogens is 1. The predicted octanol–water partition coefficient (Wildman–Crippen LogP) is 4.60. The first-order chi connectivity index (χ1) is 11.8. The third-order valence-electron chi connectivity index (χ3n) is 3.72. The van der Waals surface area contributed by atoms with Gasteiger partial charge in [-0.05, 0) is 30.7 Å². The standard InChI is InChI=1S/C19H20ClN3O/c1-2-24-19-15(8-5-9-17(19)20)13-21-18-10-4-3-7-16(18)14-23-12-6-11-22-23/h3-12,21H,2,13-14H2,1H3. The number of benzene rings is 2. The summed E-state index contributed by atoms with van der Waals surface area (Å²) in [5.74, 6) is 0.749. The van der Waals surface area contributed by atoms with Crippen LogP contribution in [0.2, 0.25) is 5.02 Å². The van der Waals surface area contributed by atoms with Gasteiger partial charge >= 0.3 is 0 Å². The minimum Gasteiger partial charge on any atom is -0.492 e. The van der Waals surface area contributed by atoms with E-state index in [0.29, 0.717) is 18.2 Å². The summed E-state index contributed by atoms with van der Waals surface area (Å²) < 4.78 is 7.59. The Morgan fingerprint density at radius 3 is 2.71 bits per heavy atom. The van der Waals surface area contributed by atoms with Gasteiger partial charge in [0.2, 0.25) is 0 Å². The largest absolute Gasteiger partial charge is 0.492 e. The molecular formula is C19H20ClN3O. The molecule has 1 aromatic heterocycles. The summed E-state index contributed by atoms with van der Waals surface area (Å²) in [4.78, 5) is 0. The Bertz CT molecular complexity index is 787. The third-order valence-corrected chi connectivity index (χ3v) is 4.01. The molecule has 0 fully saturated rings. The Kier molecular flexibility index (Phi) is 5.39. The molecule has 0 amide bonds. The monoisotopic (exact) mass is 341 g/mol. The number of hydrogen-bond donors (Lipinski definition) is 1. The van der Waals surface area contributed by atoms with Crippen molar-refractivity contribution in [2.75, 3.05) is 11.9 Å². The van der Waals surface area contributed by atoms with Gasteiger partial charge in [-0.25, -0.2) is 0 Å². The summed E-state index contributed by atoms with van der Waals surface area (Å²) in [6.07, 6.45) is 3.75. The van der Waals surface area contributed by atoms with E-state index in [9.17, 15) is 0 Å². The van der Waals surface area contributed by atoms with E-state index in [-0.39, 0.29) is 0 Å². The fraction of sp³-hybridized carbons (Fsp3) is 0.211. The second-order valence-electron chi connectivity index (χ2n) is 5.38. The van der Waals surface area contributed by atoms with Gasteiger partial charge in [-0.3, -0.25) is 4.68 Å². The highest BCUT2D eigenvalue weighted by Crippen LogP contribution is 2.29. The molecule has 1 N–H and O–H groups in total. The van der Waals surface area contributed by atoms with Crippen molar-refractivity contribution >= 4 is 17.3 Å². The highest BCUT2D eigenvalue weighted by Gasteiger charge is 2.09. The van der Waals surface area contributed by atoms with Crippen LogP contribution < -0.4 is 10.1 Å². The van der Waals surface area contributed by atoms with Crippen molar-refractivity contribution in [3.05, 3.63) is 77.1 Å². The lowest BCUT2D eigenvalue weighted by Crippen LogP contribution is -2.07. The van der Waals surface area contributed by atoms with Gasteiger partial charge in [-0.2, -0.15) is 5.10 Å². The molecule has 0 unspecified atom stereocenters. The fourth-order valence-electron chi connectivity index (χ4n) is 2.59. The van der Waals surface area contributed by atoms with Crippen LogP contribution in [0.4, 0.5) is 5.69 Å². The quantitative estimate of drug-likeness (QED) is 0.682. The summed E-state index contributed by atoms with van der Waals surface area (Å²) in [6.45, 7) is 3.92. The molecule has 5 heteroatoms. The fourth-order valence-corrected chi connectivity index (χ4v) is 2.84. The van der Waals surface area contributed by atoms with Crippen molar-refractivity contribution in [2.45, 2.75) is 20.0 Å². The number of anilines is 1. The Hall–Kier alpha value is -2.46. The Morgan fingerprint density at radius 1 is 1.08 bits per heavy atom. The molecule has 124 valence electrons. The molecule has 0 radical (unpaired) electrons. The number of rotatable bonds is 7. The van der Waals surface area contributed by atoms with Crippen LogP contribution in [-0.2, 0) is 13.1 Å². The molecule has 0 saturated heterocycles. The van der Waals surface area contributed by atoms with Crippen LogP contribution in [0.3, 0.4) is 0 Å². The molecule has 0 aliphatic carbocycles. The molecular weight excluding hydrogens is 322 g/mol. The van der Waals surface area contributed by atoms with Gasteiger partial charge in [0.1, 0.15) is 5.75 Å². The van der Waals surface area contributed by atoms with Gasteiger partial charge in [0.05, 0.1) is 18.2 Å². The second kappa shape index (κ2) is 7.88. The summed E-state index contributed by atoms with van der Waals surface area (Å²) >= 11 is 6.25. The molecule has 0 aliphatic heterocycles. The summed E-state index contributed by atoms with van der Waals surface area (Å²) in [5, 5.41) is 8.40. The van der Waals surface area contributed by atoms with Gasteiger partial charge in [0, 0.05) is 30.2 Å². The van der Waals surface area contributed by atoms with Crippen LogP contribution in [-0.4, -0.2) is 16.4 Å². The molecule has 24 heavy (non-hydrogen) atoms. The second-order valence-corrected chi connectivity index (χ2v) is 5.78. The van der Waals surface area contributed by atoms with E-state index >= 15 is 0 Å². The maximum Gasteiger partial charge on any atom is 0.142 e. The highest BCUT2D eigenvalue weighted by atomic mass is 35.5. The van der Waals surface area contributed by atoms with Crippen molar-refractivity contribution in [2.24, 2.45) is 0 Å². The van der Waals surface area contributed by atoms with Crippen LogP contribution in [0.5, 0.6) is 5.75 Å². The van der Waals surface area contributed by atoms with E-state index < -0.39 is 0 Å². The molecule has 0 spiro atoms. The summed E-state index contributed by atoms with van der Waals surface area (Å²) in [5.41, 5.74) is 3.30. The van der Waals surface area contributed by atoms with E-state index in [1.807, 2.05) is 54.2 Å². The van der Waals surface area contributed by atoms with E-state index in [0.717, 1.165) is 23.5 Å². The minimum atomic E-state index is 0.590. The van der Waals surface area contributed by atoms with Gasteiger partial charge in [0.25, 0.3) is 0 Å². The number of nitrogens with zero attached hydrogens (tertiary/aromatic N) is 2. The zero-order valence-electron chi connectivity index (χ0n) is 13.6. The van der Waals surface area contributed by atoms with Crippen LogP contribution in [0, 0.1) is 0 Å². The van der Waals surface area contributed by atoms with Crippen LogP contribution in [0.1, 0.15) is 18.1 Å². The maximum atomic E-state index is 6.25. The van der Waals surface area contributed by atoms with Crippen LogP contribution >= 0.6 is 11.6 Å². The number of aromatic nitrogens is 2. The SMILES string of the molecule is CCOc1c(Cl)cccc1CNc1ccccc1Cn1cccn1. The van der Waals surface area contributed by atoms with Gasteiger partial charge in [-0.1, -0.05) is 41.9 Å². The van der Waals surface area contributed by atoms with Crippen molar-refractivity contribution < 1.29 is 4.74 Å². The van der Waals surface area contributed by atoms with E-state index in [2.05, 4.69) is 22.5 Å². The lowest BCUT2D eigenvalue weighted by molar-refractivity contribution is 0.337. The average molecular weight is 342 g/mol.